The average Bonchev–Trinajstić information content (AvgIpc) is 2.36. The molecular weight excluding hydrogens is 263 g/mol. The summed E-state index contributed by atoms with van der Waals surface area (Å²) in [6.45, 7) is 5.64. The molecule has 1 aromatic carbocycles. The number of carboxylic acids is 1. The summed E-state index contributed by atoms with van der Waals surface area (Å²) in [5.74, 6) is -1.63. The van der Waals surface area contributed by atoms with Crippen LogP contribution in [0.5, 0.6) is 0 Å². The van der Waals surface area contributed by atoms with Gasteiger partial charge in [-0.25, -0.2) is 9.18 Å². The fourth-order valence-electron chi connectivity index (χ4n) is 2.02. The molecule has 6 heteroatoms. The Morgan fingerprint density at radius 1 is 1.50 bits per heavy atom. The second-order valence-electron chi connectivity index (χ2n) is 4.99. The van der Waals surface area contributed by atoms with Gasteiger partial charge in [0.25, 0.3) is 0 Å². The number of hydrogen-bond acceptors (Lipinski definition) is 4. The highest BCUT2D eigenvalue weighted by Crippen LogP contribution is 2.28. The third-order valence-corrected chi connectivity index (χ3v) is 2.88. The van der Waals surface area contributed by atoms with Crippen LogP contribution in [-0.4, -0.2) is 37.9 Å². The van der Waals surface area contributed by atoms with Crippen LogP contribution in [-0.2, 0) is 4.74 Å². The number of nitrogens with two attached hydrogens (primary N) is 1. The van der Waals surface area contributed by atoms with Crippen LogP contribution in [0.1, 0.15) is 24.2 Å². The molecule has 1 aromatic rings. The van der Waals surface area contributed by atoms with Crippen molar-refractivity contribution in [3.8, 4) is 0 Å². The summed E-state index contributed by atoms with van der Waals surface area (Å²) in [6.07, 6.45) is 0. The van der Waals surface area contributed by atoms with Gasteiger partial charge in [-0.15, -0.1) is 0 Å². The van der Waals surface area contributed by atoms with E-state index in [2.05, 4.69) is 0 Å². The zero-order valence-electron chi connectivity index (χ0n) is 12.0. The lowest BCUT2D eigenvalue weighted by atomic mass is 10.1. The molecule has 0 heterocycles. The van der Waals surface area contributed by atoms with Gasteiger partial charge in [0.2, 0.25) is 0 Å². The van der Waals surface area contributed by atoms with E-state index < -0.39 is 11.8 Å². The number of carbonyl (C=O) groups is 1. The third-order valence-electron chi connectivity index (χ3n) is 2.88. The molecule has 0 atom stereocenters. The van der Waals surface area contributed by atoms with Gasteiger partial charge >= 0.3 is 5.97 Å². The lowest BCUT2D eigenvalue weighted by molar-refractivity contribution is 0.0698. The first-order chi connectivity index (χ1) is 9.38. The monoisotopic (exact) mass is 284 g/mol. The molecule has 0 saturated heterocycles. The first-order valence-corrected chi connectivity index (χ1v) is 6.43. The summed E-state index contributed by atoms with van der Waals surface area (Å²) >= 11 is 0. The van der Waals surface area contributed by atoms with Crippen LogP contribution in [0.3, 0.4) is 0 Å². The Morgan fingerprint density at radius 2 is 2.15 bits per heavy atom. The van der Waals surface area contributed by atoms with E-state index in [4.69, 9.17) is 10.5 Å². The number of methoxy groups -OCH3 is 1. The summed E-state index contributed by atoms with van der Waals surface area (Å²) in [5, 5.41) is 9.27. The molecule has 20 heavy (non-hydrogen) atoms. The van der Waals surface area contributed by atoms with Crippen molar-refractivity contribution in [2.45, 2.75) is 13.8 Å². The van der Waals surface area contributed by atoms with Crippen molar-refractivity contribution >= 4 is 17.3 Å². The SMILES string of the molecule is COCCN(CC(C)C)c1ccc(F)c(N)c1C(=O)O. The Labute approximate surface area is 118 Å². The van der Waals surface area contributed by atoms with E-state index in [9.17, 15) is 14.3 Å². The first-order valence-electron chi connectivity index (χ1n) is 6.43. The van der Waals surface area contributed by atoms with E-state index in [0.717, 1.165) is 0 Å². The molecule has 0 spiro atoms. The number of hydrogen-bond donors (Lipinski definition) is 2. The number of rotatable bonds is 7. The summed E-state index contributed by atoms with van der Waals surface area (Å²) < 4.78 is 18.5. The number of aromatic carboxylic acids is 1. The molecule has 0 aliphatic heterocycles. The van der Waals surface area contributed by atoms with Gasteiger partial charge in [-0.2, -0.15) is 0 Å². The second-order valence-corrected chi connectivity index (χ2v) is 4.99. The molecule has 1 rings (SSSR count). The van der Waals surface area contributed by atoms with Crippen LogP contribution in [0.25, 0.3) is 0 Å². The van der Waals surface area contributed by atoms with Crippen LogP contribution < -0.4 is 10.6 Å². The first kappa shape index (κ1) is 16.2. The average molecular weight is 284 g/mol. The summed E-state index contributed by atoms with van der Waals surface area (Å²) in [4.78, 5) is 13.2. The van der Waals surface area contributed by atoms with Crippen molar-refractivity contribution < 1.29 is 19.0 Å². The topological polar surface area (TPSA) is 75.8 Å². The molecule has 5 nitrogen and oxygen atoms in total. The maximum absolute atomic E-state index is 13.5. The molecule has 0 saturated carbocycles. The van der Waals surface area contributed by atoms with Crippen molar-refractivity contribution in [2.75, 3.05) is 37.4 Å². The Kier molecular flexibility index (Phi) is 5.76. The standard InChI is InChI=1S/C14H21FN2O3/c1-9(2)8-17(6-7-20-3)11-5-4-10(15)13(16)12(11)14(18)19/h4-5,9H,6-8,16H2,1-3H3,(H,18,19). The van der Waals surface area contributed by atoms with Crippen molar-refractivity contribution in [3.63, 3.8) is 0 Å². The molecule has 0 amide bonds. The molecule has 0 bridgehead atoms. The Balaban J connectivity index is 3.24. The minimum atomic E-state index is -1.23. The van der Waals surface area contributed by atoms with Crippen molar-refractivity contribution in [1.29, 1.82) is 0 Å². The molecule has 112 valence electrons. The highest BCUT2D eigenvalue weighted by atomic mass is 19.1. The Morgan fingerprint density at radius 3 is 2.65 bits per heavy atom. The van der Waals surface area contributed by atoms with Crippen LogP contribution >= 0.6 is 0 Å². The maximum atomic E-state index is 13.5. The number of ether oxygens (including phenoxy) is 1. The van der Waals surface area contributed by atoms with Gasteiger partial charge in [-0.3, -0.25) is 0 Å². The fourth-order valence-corrected chi connectivity index (χ4v) is 2.02. The number of halogens is 1. The molecule has 3 N–H and O–H groups in total. The lowest BCUT2D eigenvalue weighted by Crippen LogP contribution is -2.32. The minimum absolute atomic E-state index is 0.193. The summed E-state index contributed by atoms with van der Waals surface area (Å²) in [7, 11) is 1.57. The van der Waals surface area contributed by atoms with Crippen molar-refractivity contribution in [2.24, 2.45) is 5.92 Å². The van der Waals surface area contributed by atoms with Gasteiger partial charge in [0.1, 0.15) is 11.4 Å². The zero-order valence-corrected chi connectivity index (χ0v) is 12.0. The van der Waals surface area contributed by atoms with Crippen LogP contribution in [0, 0.1) is 11.7 Å². The molecule has 0 fully saturated rings. The molecule has 0 radical (unpaired) electrons. The summed E-state index contributed by atoms with van der Waals surface area (Å²) in [6, 6.07) is 2.64. The Bertz CT molecular complexity index is 478. The molecule has 0 aromatic heterocycles. The minimum Gasteiger partial charge on any atom is -0.478 e. The number of benzene rings is 1. The molecular formula is C14H21FN2O3. The van der Waals surface area contributed by atoms with Gasteiger partial charge in [0.05, 0.1) is 18.0 Å². The second kappa shape index (κ2) is 7.09. The normalized spacial score (nSPS) is 10.8. The molecule has 0 aliphatic carbocycles. The van der Waals surface area contributed by atoms with Gasteiger partial charge in [-0.1, -0.05) is 13.8 Å². The van der Waals surface area contributed by atoms with E-state index in [0.29, 0.717) is 31.3 Å². The third kappa shape index (κ3) is 3.84. The van der Waals surface area contributed by atoms with Gasteiger partial charge in [-0.05, 0) is 18.1 Å². The van der Waals surface area contributed by atoms with Gasteiger partial charge < -0.3 is 20.5 Å². The smallest absolute Gasteiger partial charge is 0.340 e. The van der Waals surface area contributed by atoms with E-state index in [1.807, 2.05) is 18.7 Å². The van der Waals surface area contributed by atoms with Gasteiger partial charge in [0, 0.05) is 20.2 Å². The van der Waals surface area contributed by atoms with E-state index in [1.165, 1.54) is 12.1 Å². The van der Waals surface area contributed by atoms with Crippen LogP contribution in [0.4, 0.5) is 15.8 Å². The lowest BCUT2D eigenvalue weighted by Gasteiger charge is -2.28. The molecule has 0 aliphatic rings. The number of nitrogens with zero attached hydrogens (tertiary/aromatic N) is 1. The van der Waals surface area contributed by atoms with Gasteiger partial charge in [0.15, 0.2) is 0 Å². The van der Waals surface area contributed by atoms with E-state index in [1.54, 1.807) is 7.11 Å². The van der Waals surface area contributed by atoms with Crippen LogP contribution in [0.15, 0.2) is 12.1 Å². The number of anilines is 2. The largest absolute Gasteiger partial charge is 0.478 e. The Hall–Kier alpha value is -1.82. The quantitative estimate of drug-likeness (QED) is 0.751. The highest BCUT2D eigenvalue weighted by Gasteiger charge is 2.21. The van der Waals surface area contributed by atoms with E-state index in [-0.39, 0.29) is 11.3 Å². The fraction of sp³-hybridized carbons (Fsp3) is 0.500. The van der Waals surface area contributed by atoms with Crippen molar-refractivity contribution in [3.05, 3.63) is 23.5 Å². The zero-order chi connectivity index (χ0) is 15.3. The van der Waals surface area contributed by atoms with Crippen molar-refractivity contribution in [1.82, 2.24) is 0 Å². The van der Waals surface area contributed by atoms with Crippen LogP contribution in [0.2, 0.25) is 0 Å². The highest BCUT2D eigenvalue weighted by molar-refractivity contribution is 6.00. The summed E-state index contributed by atoms with van der Waals surface area (Å²) in [5.41, 5.74) is 5.46. The maximum Gasteiger partial charge on any atom is 0.340 e. The van der Waals surface area contributed by atoms with E-state index >= 15 is 0 Å². The number of carboxylic acid groups (broad SMARTS) is 1. The molecule has 0 unspecified atom stereocenters. The predicted molar refractivity (Wildman–Crippen MR) is 76.7 cm³/mol. The predicted octanol–water partition coefficient (Wildman–Crippen LogP) is 2.21. The number of nitrogen functional groups attached to an aromatic ring is 1.